The molecule has 9 nitrogen and oxygen atoms in total. The monoisotopic (exact) mass is 583 g/mol. The van der Waals surface area contributed by atoms with E-state index < -0.39 is 71.8 Å². The van der Waals surface area contributed by atoms with E-state index in [2.05, 4.69) is 10.3 Å². The summed E-state index contributed by atoms with van der Waals surface area (Å²) in [7, 11) is 0. The van der Waals surface area contributed by atoms with Gasteiger partial charge in [-0.05, 0) is 29.8 Å². The Morgan fingerprint density at radius 2 is 1.82 bits per heavy atom. The van der Waals surface area contributed by atoms with Gasteiger partial charge in [-0.3, -0.25) is 4.79 Å². The van der Waals surface area contributed by atoms with Gasteiger partial charge in [0, 0.05) is 16.0 Å². The number of ether oxygens (including phenoxy) is 2. The summed E-state index contributed by atoms with van der Waals surface area (Å²) in [5.41, 5.74) is -0.501. The lowest BCUT2D eigenvalue weighted by atomic mass is 9.81. The average molecular weight is 584 g/mol. The Hall–Kier alpha value is -2.87. The summed E-state index contributed by atoms with van der Waals surface area (Å²) >= 11 is 6.06. The maximum absolute atomic E-state index is 13.8. The molecule has 0 saturated carbocycles. The van der Waals surface area contributed by atoms with Crippen LogP contribution in [0.15, 0.2) is 42.6 Å². The van der Waals surface area contributed by atoms with Crippen LogP contribution < -0.4 is 0 Å². The highest BCUT2D eigenvalue weighted by Crippen LogP contribution is 2.35. The molecule has 2 unspecified atom stereocenters. The third-order valence-corrected chi connectivity index (χ3v) is 6.87. The normalized spacial score (nSPS) is 24.2. The van der Waals surface area contributed by atoms with E-state index >= 15 is 0 Å². The molecular weight excluding hydrogens is 555 g/mol. The second kappa shape index (κ2) is 11.9. The molecule has 3 N–H and O–H groups in total. The van der Waals surface area contributed by atoms with E-state index in [0.717, 1.165) is 16.8 Å². The summed E-state index contributed by atoms with van der Waals surface area (Å²) in [6, 6.07) is 6.91. The van der Waals surface area contributed by atoms with Crippen molar-refractivity contribution in [1.82, 2.24) is 15.0 Å². The third-order valence-electron chi connectivity index (χ3n) is 6.64. The molecule has 0 aliphatic carbocycles. The number of carbonyl (C=O) groups excluding carboxylic acids is 1. The second-order valence-electron chi connectivity index (χ2n) is 10.6. The van der Waals surface area contributed by atoms with Crippen molar-refractivity contribution in [3.63, 3.8) is 0 Å². The molecule has 2 heterocycles. The van der Waals surface area contributed by atoms with Crippen LogP contribution in [0, 0.1) is 22.9 Å². The lowest BCUT2D eigenvalue weighted by Crippen LogP contribution is -2.61. The van der Waals surface area contributed by atoms with Gasteiger partial charge in [0.2, 0.25) is 0 Å². The molecule has 3 aromatic rings. The van der Waals surface area contributed by atoms with E-state index in [1.54, 1.807) is 45.0 Å². The summed E-state index contributed by atoms with van der Waals surface area (Å²) in [6.07, 6.45) is -5.95. The Kier molecular flexibility index (Phi) is 8.98. The first kappa shape index (κ1) is 30.1. The molecule has 13 heteroatoms. The van der Waals surface area contributed by atoms with E-state index in [9.17, 15) is 33.3 Å². The molecule has 6 atom stereocenters. The minimum Gasteiger partial charge on any atom is -0.394 e. The second-order valence-corrected chi connectivity index (χ2v) is 11.0. The number of benzene rings is 2. The standard InChI is InChI=1S/C27H29ClF3N3O6/c1-27(2,3)26(38)25(39-12-13-5-4-6-15(28)7-13)24-23(37)21(22(36)19(11-35)40-24)34-10-18(32-33-34)14-8-16(29)20(31)17(30)9-14/h4-10,19,21-25,35-37H,11-12H2,1-3H3/t19?,21-,22-,23?,24+,25-/m0/s1. The fourth-order valence-corrected chi connectivity index (χ4v) is 4.72. The fourth-order valence-electron chi connectivity index (χ4n) is 4.51. The van der Waals surface area contributed by atoms with Crippen molar-refractivity contribution in [2.45, 2.75) is 63.9 Å². The maximum Gasteiger partial charge on any atom is 0.194 e. The zero-order valence-electron chi connectivity index (χ0n) is 21.8. The molecule has 1 aliphatic heterocycles. The van der Waals surface area contributed by atoms with Crippen LogP contribution in [0.3, 0.4) is 0 Å². The van der Waals surface area contributed by atoms with Gasteiger partial charge < -0.3 is 24.8 Å². The Morgan fingerprint density at radius 1 is 1.15 bits per heavy atom. The van der Waals surface area contributed by atoms with Gasteiger partial charge in [-0.1, -0.05) is 49.7 Å². The first-order chi connectivity index (χ1) is 18.8. The van der Waals surface area contributed by atoms with Crippen molar-refractivity contribution in [2.75, 3.05) is 6.61 Å². The van der Waals surface area contributed by atoms with Gasteiger partial charge in [0.25, 0.3) is 0 Å². The van der Waals surface area contributed by atoms with Gasteiger partial charge >= 0.3 is 0 Å². The first-order valence-corrected chi connectivity index (χ1v) is 12.8. The summed E-state index contributed by atoms with van der Waals surface area (Å²) in [6.45, 7) is 4.26. The highest BCUT2D eigenvalue weighted by atomic mass is 35.5. The van der Waals surface area contributed by atoms with Gasteiger partial charge in [-0.25, -0.2) is 17.9 Å². The minimum atomic E-state index is -1.65. The molecule has 40 heavy (non-hydrogen) atoms. The smallest absolute Gasteiger partial charge is 0.194 e. The number of aliphatic hydroxyl groups is 3. The van der Waals surface area contributed by atoms with Crippen LogP contribution in [0.5, 0.6) is 0 Å². The Morgan fingerprint density at radius 3 is 2.42 bits per heavy atom. The Labute approximate surface area is 233 Å². The number of halogens is 4. The fraction of sp³-hybridized carbons (Fsp3) is 0.444. The number of rotatable bonds is 8. The highest BCUT2D eigenvalue weighted by Gasteiger charge is 2.51. The van der Waals surface area contributed by atoms with Crippen molar-refractivity contribution in [1.29, 1.82) is 0 Å². The van der Waals surface area contributed by atoms with E-state index in [4.69, 9.17) is 21.1 Å². The summed E-state index contributed by atoms with van der Waals surface area (Å²) in [5, 5.41) is 40.5. The zero-order chi connectivity index (χ0) is 29.4. The number of Topliss-reactive ketones (excluding diaryl/α,β-unsaturated/α-hetero) is 1. The maximum atomic E-state index is 13.8. The summed E-state index contributed by atoms with van der Waals surface area (Å²) in [5.74, 6) is -4.93. The van der Waals surface area contributed by atoms with Crippen molar-refractivity contribution in [2.24, 2.45) is 5.41 Å². The lowest BCUT2D eigenvalue weighted by molar-refractivity contribution is -0.236. The number of carbonyl (C=O) groups is 1. The molecule has 216 valence electrons. The van der Waals surface area contributed by atoms with E-state index in [1.165, 1.54) is 6.20 Å². The molecule has 4 rings (SSSR count). The van der Waals surface area contributed by atoms with Gasteiger partial charge in [0.15, 0.2) is 23.2 Å². The number of ketones is 1. The largest absolute Gasteiger partial charge is 0.394 e. The molecule has 2 aromatic carbocycles. The predicted octanol–water partition coefficient (Wildman–Crippen LogP) is 3.24. The molecule has 0 amide bonds. The zero-order valence-corrected chi connectivity index (χ0v) is 22.6. The number of hydrogen-bond acceptors (Lipinski definition) is 8. The van der Waals surface area contributed by atoms with Crippen molar-refractivity contribution >= 4 is 17.4 Å². The third kappa shape index (κ3) is 6.22. The topological polar surface area (TPSA) is 127 Å². The molecule has 0 spiro atoms. The highest BCUT2D eigenvalue weighted by molar-refractivity contribution is 6.30. The van der Waals surface area contributed by atoms with Crippen LogP contribution in [0.1, 0.15) is 32.4 Å². The van der Waals surface area contributed by atoms with Gasteiger partial charge in [-0.2, -0.15) is 0 Å². The van der Waals surface area contributed by atoms with Gasteiger partial charge in [0.05, 0.1) is 19.4 Å². The van der Waals surface area contributed by atoms with E-state index in [1.807, 2.05) is 0 Å². The molecular formula is C27H29ClF3N3O6. The number of aromatic nitrogens is 3. The first-order valence-electron chi connectivity index (χ1n) is 12.4. The summed E-state index contributed by atoms with van der Waals surface area (Å²) < 4.78 is 53.8. The average Bonchev–Trinajstić information content (AvgIpc) is 3.37. The predicted molar refractivity (Wildman–Crippen MR) is 137 cm³/mol. The van der Waals surface area contributed by atoms with Crippen LogP contribution >= 0.6 is 11.6 Å². The van der Waals surface area contributed by atoms with Crippen molar-refractivity contribution in [3.05, 3.63) is 70.6 Å². The quantitative estimate of drug-likeness (QED) is 0.345. The molecule has 1 fully saturated rings. The minimum absolute atomic E-state index is 0.0637. The lowest BCUT2D eigenvalue weighted by Gasteiger charge is -2.45. The number of nitrogens with zero attached hydrogens (tertiary/aromatic N) is 3. The Balaban J connectivity index is 1.68. The van der Waals surface area contributed by atoms with E-state index in [-0.39, 0.29) is 17.9 Å². The van der Waals surface area contributed by atoms with Gasteiger partial charge in [0.1, 0.15) is 42.3 Å². The van der Waals surface area contributed by atoms with Crippen molar-refractivity contribution < 1.29 is 42.8 Å². The summed E-state index contributed by atoms with van der Waals surface area (Å²) in [4.78, 5) is 13.5. The van der Waals surface area contributed by atoms with Crippen LogP contribution in [0.25, 0.3) is 11.3 Å². The van der Waals surface area contributed by atoms with Crippen LogP contribution in [0.2, 0.25) is 5.02 Å². The molecule has 0 bridgehead atoms. The van der Waals surface area contributed by atoms with E-state index in [0.29, 0.717) is 10.6 Å². The number of hydrogen-bond donors (Lipinski definition) is 3. The van der Waals surface area contributed by atoms with Crippen LogP contribution in [0.4, 0.5) is 13.2 Å². The van der Waals surface area contributed by atoms with Crippen LogP contribution in [-0.4, -0.2) is 73.2 Å². The van der Waals surface area contributed by atoms with Gasteiger partial charge in [-0.15, -0.1) is 5.10 Å². The Bertz CT molecular complexity index is 1340. The van der Waals surface area contributed by atoms with Crippen molar-refractivity contribution in [3.8, 4) is 11.3 Å². The molecule has 1 aliphatic rings. The SMILES string of the molecule is CC(C)(C)C(=O)[C@@H](OCc1cccc(Cl)c1)[C@@H]1OC(CO)[C@H](O)[C@H](n2cc(-c3cc(F)c(F)c(F)c3)nn2)C1O. The molecule has 1 aromatic heterocycles. The molecule has 0 radical (unpaired) electrons. The molecule has 1 saturated heterocycles. The number of aliphatic hydroxyl groups excluding tert-OH is 3. The van der Waals surface area contributed by atoms with Crippen LogP contribution in [-0.2, 0) is 20.9 Å².